The lowest BCUT2D eigenvalue weighted by atomic mass is 10.1. The molecule has 4 heteroatoms. The van der Waals surface area contributed by atoms with Gasteiger partial charge in [0.25, 0.3) is 0 Å². The molecule has 0 aliphatic heterocycles. The van der Waals surface area contributed by atoms with Gasteiger partial charge in [-0.25, -0.2) is 0 Å². The minimum absolute atomic E-state index is 0.319. The van der Waals surface area contributed by atoms with E-state index in [1.165, 1.54) is 0 Å². The molecule has 0 amide bonds. The van der Waals surface area contributed by atoms with Crippen molar-refractivity contribution >= 4 is 11.0 Å². The summed E-state index contributed by atoms with van der Waals surface area (Å²) >= 11 is 0. The number of benzene rings is 1. The van der Waals surface area contributed by atoms with Crippen LogP contribution in [0, 0.1) is 0 Å². The zero-order chi connectivity index (χ0) is 11.7. The van der Waals surface area contributed by atoms with Crippen LogP contribution in [0.15, 0.2) is 16.7 Å². The van der Waals surface area contributed by atoms with E-state index in [1.54, 1.807) is 14.2 Å². The van der Waals surface area contributed by atoms with Crippen molar-refractivity contribution in [2.45, 2.75) is 19.8 Å². The smallest absolute Gasteiger partial charge is 0.212 e. The lowest BCUT2D eigenvalue weighted by Gasteiger charge is -2.06. The molecule has 86 valence electrons. The number of hydrogen-bond donors (Lipinski definition) is 0. The Morgan fingerprint density at radius 3 is 2.50 bits per heavy atom. The normalized spacial score (nSPS) is 11.1. The van der Waals surface area contributed by atoms with Crippen molar-refractivity contribution in [3.63, 3.8) is 0 Å². The van der Waals surface area contributed by atoms with Gasteiger partial charge < -0.3 is 14.0 Å². The van der Waals surface area contributed by atoms with Crippen molar-refractivity contribution in [2.75, 3.05) is 14.2 Å². The number of hydrogen-bond acceptors (Lipinski definition) is 4. The standard InChI is InChI=1S/C12H15NO3/c1-7(2)10-8-5-6-9(14-3)12(15-4)11(8)16-13-10/h5-7H,1-4H3. The van der Waals surface area contributed by atoms with Gasteiger partial charge in [-0.2, -0.15) is 0 Å². The molecule has 1 aromatic carbocycles. The highest BCUT2D eigenvalue weighted by atomic mass is 16.5. The molecule has 0 bridgehead atoms. The van der Waals surface area contributed by atoms with Gasteiger partial charge in [-0.05, 0) is 18.1 Å². The fraction of sp³-hybridized carbons (Fsp3) is 0.417. The quantitative estimate of drug-likeness (QED) is 0.799. The van der Waals surface area contributed by atoms with Crippen LogP contribution in [0.2, 0.25) is 0 Å². The van der Waals surface area contributed by atoms with Crippen molar-refractivity contribution in [2.24, 2.45) is 0 Å². The predicted molar refractivity (Wildman–Crippen MR) is 61.2 cm³/mol. The lowest BCUT2D eigenvalue weighted by molar-refractivity contribution is 0.347. The van der Waals surface area contributed by atoms with Gasteiger partial charge in [0.2, 0.25) is 11.3 Å². The van der Waals surface area contributed by atoms with E-state index in [9.17, 15) is 0 Å². The first kappa shape index (κ1) is 10.8. The molecule has 16 heavy (non-hydrogen) atoms. The van der Waals surface area contributed by atoms with Crippen LogP contribution in [0.5, 0.6) is 11.5 Å². The summed E-state index contributed by atoms with van der Waals surface area (Å²) in [6.07, 6.45) is 0. The van der Waals surface area contributed by atoms with Crippen molar-refractivity contribution in [3.8, 4) is 11.5 Å². The van der Waals surface area contributed by atoms with Crippen LogP contribution >= 0.6 is 0 Å². The maximum Gasteiger partial charge on any atom is 0.212 e. The summed E-state index contributed by atoms with van der Waals surface area (Å²) in [6.45, 7) is 4.15. The number of nitrogens with zero attached hydrogens (tertiary/aromatic N) is 1. The average Bonchev–Trinajstić information content (AvgIpc) is 2.71. The van der Waals surface area contributed by atoms with Gasteiger partial charge in [0.1, 0.15) is 0 Å². The van der Waals surface area contributed by atoms with Gasteiger partial charge in [0, 0.05) is 5.39 Å². The molecule has 2 rings (SSSR count). The molecule has 0 saturated heterocycles. The zero-order valence-electron chi connectivity index (χ0n) is 9.90. The van der Waals surface area contributed by atoms with Crippen LogP contribution in [-0.4, -0.2) is 19.4 Å². The molecule has 0 spiro atoms. The SMILES string of the molecule is COc1ccc2c(C(C)C)noc2c1OC. The molecule has 0 saturated carbocycles. The number of methoxy groups -OCH3 is 2. The first-order chi connectivity index (χ1) is 7.69. The van der Waals surface area contributed by atoms with Gasteiger partial charge in [-0.15, -0.1) is 0 Å². The topological polar surface area (TPSA) is 44.5 Å². The third-order valence-corrected chi connectivity index (χ3v) is 2.56. The summed E-state index contributed by atoms with van der Waals surface area (Å²) in [4.78, 5) is 0. The van der Waals surface area contributed by atoms with E-state index in [-0.39, 0.29) is 0 Å². The van der Waals surface area contributed by atoms with Gasteiger partial charge >= 0.3 is 0 Å². The monoisotopic (exact) mass is 221 g/mol. The Morgan fingerprint density at radius 1 is 1.19 bits per heavy atom. The fourth-order valence-corrected chi connectivity index (χ4v) is 1.75. The molecule has 1 heterocycles. The molecular formula is C12H15NO3. The largest absolute Gasteiger partial charge is 0.493 e. The van der Waals surface area contributed by atoms with E-state index < -0.39 is 0 Å². The summed E-state index contributed by atoms with van der Waals surface area (Å²) in [6, 6.07) is 3.81. The summed E-state index contributed by atoms with van der Waals surface area (Å²) in [5, 5.41) is 5.05. The molecule has 0 fully saturated rings. The molecule has 0 N–H and O–H groups in total. The maximum atomic E-state index is 5.32. The summed E-state index contributed by atoms with van der Waals surface area (Å²) in [5.74, 6) is 1.57. The Bertz CT molecular complexity index is 502. The Hall–Kier alpha value is -1.71. The van der Waals surface area contributed by atoms with Crippen molar-refractivity contribution in [1.82, 2.24) is 5.16 Å². The molecule has 4 nitrogen and oxygen atoms in total. The first-order valence-corrected chi connectivity index (χ1v) is 5.19. The highest BCUT2D eigenvalue weighted by Gasteiger charge is 2.18. The number of aromatic nitrogens is 1. The van der Waals surface area contributed by atoms with E-state index in [0.29, 0.717) is 23.0 Å². The molecule has 0 aliphatic rings. The first-order valence-electron chi connectivity index (χ1n) is 5.19. The van der Waals surface area contributed by atoms with E-state index in [1.807, 2.05) is 12.1 Å². The van der Waals surface area contributed by atoms with Gasteiger partial charge in [0.05, 0.1) is 19.9 Å². The van der Waals surface area contributed by atoms with Crippen LogP contribution in [0.25, 0.3) is 11.0 Å². The van der Waals surface area contributed by atoms with E-state index in [0.717, 1.165) is 11.1 Å². The van der Waals surface area contributed by atoms with Crippen LogP contribution in [0.3, 0.4) is 0 Å². The lowest BCUT2D eigenvalue weighted by Crippen LogP contribution is -1.91. The highest BCUT2D eigenvalue weighted by molar-refractivity contribution is 5.87. The van der Waals surface area contributed by atoms with Gasteiger partial charge in [-0.1, -0.05) is 19.0 Å². The second-order valence-electron chi connectivity index (χ2n) is 3.90. The van der Waals surface area contributed by atoms with Crippen LogP contribution < -0.4 is 9.47 Å². The minimum atomic E-state index is 0.319. The molecule has 2 aromatic rings. The number of rotatable bonds is 3. The minimum Gasteiger partial charge on any atom is -0.493 e. The fourth-order valence-electron chi connectivity index (χ4n) is 1.75. The van der Waals surface area contributed by atoms with Crippen molar-refractivity contribution < 1.29 is 14.0 Å². The van der Waals surface area contributed by atoms with Crippen LogP contribution in [0.1, 0.15) is 25.5 Å². The number of ether oxygens (including phenoxy) is 2. The van der Waals surface area contributed by atoms with E-state index >= 15 is 0 Å². The number of fused-ring (bicyclic) bond motifs is 1. The van der Waals surface area contributed by atoms with Gasteiger partial charge in [0.15, 0.2) is 5.75 Å². The molecule has 0 unspecified atom stereocenters. The van der Waals surface area contributed by atoms with Crippen molar-refractivity contribution in [3.05, 3.63) is 17.8 Å². The molecule has 0 radical (unpaired) electrons. The Morgan fingerprint density at radius 2 is 1.94 bits per heavy atom. The average molecular weight is 221 g/mol. The van der Waals surface area contributed by atoms with E-state index in [2.05, 4.69) is 19.0 Å². The van der Waals surface area contributed by atoms with Crippen LogP contribution in [-0.2, 0) is 0 Å². The molecular weight excluding hydrogens is 206 g/mol. The Balaban J connectivity index is 2.71. The zero-order valence-corrected chi connectivity index (χ0v) is 9.90. The second-order valence-corrected chi connectivity index (χ2v) is 3.90. The summed E-state index contributed by atoms with van der Waals surface area (Å²) in [5.41, 5.74) is 1.58. The third-order valence-electron chi connectivity index (χ3n) is 2.56. The third kappa shape index (κ3) is 1.50. The summed E-state index contributed by atoms with van der Waals surface area (Å²) in [7, 11) is 3.19. The summed E-state index contributed by atoms with van der Waals surface area (Å²) < 4.78 is 15.8. The molecule has 1 aromatic heterocycles. The molecule has 0 atom stereocenters. The Labute approximate surface area is 94.1 Å². The maximum absolute atomic E-state index is 5.32. The second kappa shape index (κ2) is 4.04. The van der Waals surface area contributed by atoms with E-state index in [4.69, 9.17) is 14.0 Å². The molecule has 0 aliphatic carbocycles. The Kier molecular flexibility index (Phi) is 2.73. The predicted octanol–water partition coefficient (Wildman–Crippen LogP) is 2.97. The highest BCUT2D eigenvalue weighted by Crippen LogP contribution is 2.38. The van der Waals surface area contributed by atoms with Gasteiger partial charge in [-0.3, -0.25) is 0 Å². The van der Waals surface area contributed by atoms with Crippen LogP contribution in [0.4, 0.5) is 0 Å². The van der Waals surface area contributed by atoms with Crippen molar-refractivity contribution in [1.29, 1.82) is 0 Å².